The molecule has 0 bridgehead atoms. The van der Waals surface area contributed by atoms with Gasteiger partial charge in [-0.15, -0.1) is 0 Å². The molecule has 5 heteroatoms. The van der Waals surface area contributed by atoms with Crippen molar-refractivity contribution in [2.24, 2.45) is 0 Å². The van der Waals surface area contributed by atoms with Crippen molar-refractivity contribution >= 4 is 12.6 Å². The van der Waals surface area contributed by atoms with Gasteiger partial charge in [0.25, 0.3) is 0 Å². The normalized spacial score (nSPS) is 12.2. The topological polar surface area (TPSA) is 73.6 Å². The number of aliphatic hydroxyl groups is 1. The Balaban J connectivity index is 2.17. The summed E-state index contributed by atoms with van der Waals surface area (Å²) < 4.78 is 0. The first-order chi connectivity index (χ1) is 9.20. The lowest BCUT2D eigenvalue weighted by Gasteiger charge is -2.15. The quantitative estimate of drug-likeness (QED) is 0.663. The first kappa shape index (κ1) is 13.7. The number of pyridine rings is 1. The lowest BCUT2D eigenvalue weighted by Crippen LogP contribution is -2.30. The van der Waals surface area contributed by atoms with Crippen molar-refractivity contribution in [2.75, 3.05) is 6.61 Å². The lowest BCUT2D eigenvalue weighted by molar-refractivity contribution is 0.264. The third kappa shape index (κ3) is 3.64. The van der Waals surface area contributed by atoms with Crippen LogP contribution in [0.15, 0.2) is 48.8 Å². The van der Waals surface area contributed by atoms with E-state index >= 15 is 0 Å². The molecule has 1 aromatic heterocycles. The summed E-state index contributed by atoms with van der Waals surface area (Å²) in [5.74, 6) is -0.0194. The Morgan fingerprint density at radius 1 is 1.11 bits per heavy atom. The highest BCUT2D eigenvalue weighted by Crippen LogP contribution is 2.19. The van der Waals surface area contributed by atoms with E-state index in [2.05, 4.69) is 4.98 Å². The number of hydrogen-bond donors (Lipinski definition) is 3. The summed E-state index contributed by atoms with van der Waals surface area (Å²) in [4.78, 5) is 3.99. The van der Waals surface area contributed by atoms with Crippen molar-refractivity contribution in [3.63, 3.8) is 0 Å². The van der Waals surface area contributed by atoms with Crippen LogP contribution in [0.5, 0.6) is 0 Å². The van der Waals surface area contributed by atoms with Crippen molar-refractivity contribution in [2.45, 2.75) is 12.3 Å². The molecule has 2 aromatic rings. The maximum Gasteiger partial charge on any atom is 0.490 e. The van der Waals surface area contributed by atoms with E-state index < -0.39 is 7.12 Å². The summed E-state index contributed by atoms with van der Waals surface area (Å²) in [7, 11) is -1.52. The van der Waals surface area contributed by atoms with Gasteiger partial charge in [-0.05, 0) is 17.5 Å². The molecule has 1 aromatic carbocycles. The smallest absolute Gasteiger partial charge is 0.423 e. The fourth-order valence-electron chi connectivity index (χ4n) is 2.06. The Labute approximate surface area is 112 Å². The van der Waals surface area contributed by atoms with Crippen molar-refractivity contribution in [1.29, 1.82) is 0 Å². The molecular formula is C14H16BNO3. The highest BCUT2D eigenvalue weighted by atomic mass is 16.4. The van der Waals surface area contributed by atoms with E-state index in [4.69, 9.17) is 10.0 Å². The monoisotopic (exact) mass is 257 g/mol. The molecule has 0 aliphatic rings. The van der Waals surface area contributed by atoms with Gasteiger partial charge in [0.15, 0.2) is 0 Å². The number of rotatable bonds is 5. The Hall–Kier alpha value is -1.69. The van der Waals surface area contributed by atoms with Crippen LogP contribution in [-0.4, -0.2) is 33.9 Å². The van der Waals surface area contributed by atoms with Gasteiger partial charge in [0.05, 0.1) is 6.61 Å². The molecule has 1 atom stereocenters. The Morgan fingerprint density at radius 2 is 1.84 bits per heavy atom. The summed E-state index contributed by atoms with van der Waals surface area (Å²) in [6, 6.07) is 11.4. The zero-order valence-corrected chi connectivity index (χ0v) is 10.5. The molecule has 0 radical (unpaired) electrons. The van der Waals surface area contributed by atoms with Crippen LogP contribution in [-0.2, 0) is 6.42 Å². The van der Waals surface area contributed by atoms with Crippen LogP contribution in [0, 0.1) is 0 Å². The van der Waals surface area contributed by atoms with Gasteiger partial charge in [-0.2, -0.15) is 0 Å². The van der Waals surface area contributed by atoms with Crippen LogP contribution in [0.2, 0.25) is 0 Å². The second-order valence-electron chi connectivity index (χ2n) is 4.49. The number of nitrogens with zero attached hydrogens (tertiary/aromatic N) is 1. The SMILES string of the molecule is OC[C@H](Cc1cncc(B(O)O)c1)c1ccccc1. The molecule has 0 saturated carbocycles. The summed E-state index contributed by atoms with van der Waals surface area (Å²) in [6.07, 6.45) is 3.70. The molecule has 19 heavy (non-hydrogen) atoms. The molecule has 0 unspecified atom stereocenters. The molecule has 2 rings (SSSR count). The Kier molecular flexibility index (Phi) is 4.68. The lowest BCUT2D eigenvalue weighted by atomic mass is 9.80. The third-order valence-electron chi connectivity index (χ3n) is 3.09. The van der Waals surface area contributed by atoms with Crippen LogP contribution in [0.1, 0.15) is 17.0 Å². The zero-order chi connectivity index (χ0) is 13.7. The average molecular weight is 257 g/mol. The van der Waals surface area contributed by atoms with E-state index in [0.717, 1.165) is 11.1 Å². The van der Waals surface area contributed by atoms with Gasteiger partial charge in [-0.25, -0.2) is 0 Å². The van der Waals surface area contributed by atoms with Gasteiger partial charge < -0.3 is 15.2 Å². The maximum atomic E-state index is 9.50. The van der Waals surface area contributed by atoms with E-state index in [0.29, 0.717) is 11.9 Å². The van der Waals surface area contributed by atoms with E-state index in [1.807, 2.05) is 30.3 Å². The second kappa shape index (κ2) is 6.47. The standard InChI is InChI=1S/C14H16BNO3/c17-10-13(12-4-2-1-3-5-12)6-11-7-14(15(18)19)9-16-8-11/h1-5,7-9,13,17-19H,6,10H2/t13-/m0/s1. The molecule has 4 nitrogen and oxygen atoms in total. The zero-order valence-electron chi connectivity index (χ0n) is 10.5. The molecule has 0 aliphatic heterocycles. The molecule has 3 N–H and O–H groups in total. The minimum Gasteiger partial charge on any atom is -0.423 e. The van der Waals surface area contributed by atoms with E-state index in [-0.39, 0.29) is 12.5 Å². The van der Waals surface area contributed by atoms with Gasteiger partial charge in [0.1, 0.15) is 0 Å². The van der Waals surface area contributed by atoms with Crippen molar-refractivity contribution in [3.05, 3.63) is 59.9 Å². The molecular weight excluding hydrogens is 241 g/mol. The predicted octanol–water partition coefficient (Wildman–Crippen LogP) is 0.0800. The van der Waals surface area contributed by atoms with Gasteiger partial charge in [-0.1, -0.05) is 36.4 Å². The summed E-state index contributed by atoms with van der Waals surface area (Å²) in [5.41, 5.74) is 2.29. The fraction of sp³-hybridized carbons (Fsp3) is 0.214. The minimum atomic E-state index is -1.52. The Bertz CT molecular complexity index is 519. The summed E-state index contributed by atoms with van der Waals surface area (Å²) >= 11 is 0. The first-order valence-corrected chi connectivity index (χ1v) is 6.16. The molecule has 1 heterocycles. The minimum absolute atomic E-state index is 0.0194. The maximum absolute atomic E-state index is 9.50. The fourth-order valence-corrected chi connectivity index (χ4v) is 2.06. The largest absolute Gasteiger partial charge is 0.490 e. The molecule has 0 aliphatic carbocycles. The Morgan fingerprint density at radius 3 is 2.47 bits per heavy atom. The third-order valence-corrected chi connectivity index (χ3v) is 3.09. The van der Waals surface area contributed by atoms with Crippen molar-refractivity contribution in [1.82, 2.24) is 4.98 Å². The van der Waals surface area contributed by atoms with Crippen molar-refractivity contribution in [3.8, 4) is 0 Å². The number of aliphatic hydroxyl groups excluding tert-OH is 1. The molecule has 98 valence electrons. The van der Waals surface area contributed by atoms with Crippen LogP contribution in [0.25, 0.3) is 0 Å². The van der Waals surface area contributed by atoms with E-state index in [1.165, 1.54) is 6.20 Å². The summed E-state index contributed by atoms with van der Waals surface area (Å²) in [6.45, 7) is 0.0376. The predicted molar refractivity (Wildman–Crippen MR) is 74.0 cm³/mol. The van der Waals surface area contributed by atoms with E-state index in [1.54, 1.807) is 12.3 Å². The van der Waals surface area contributed by atoms with Crippen LogP contribution < -0.4 is 5.46 Å². The average Bonchev–Trinajstić information content (AvgIpc) is 2.46. The number of aromatic nitrogens is 1. The number of hydrogen-bond acceptors (Lipinski definition) is 4. The highest BCUT2D eigenvalue weighted by molar-refractivity contribution is 6.58. The van der Waals surface area contributed by atoms with Gasteiger partial charge in [-0.3, -0.25) is 4.98 Å². The van der Waals surface area contributed by atoms with Crippen LogP contribution in [0.4, 0.5) is 0 Å². The second-order valence-corrected chi connectivity index (χ2v) is 4.49. The van der Waals surface area contributed by atoms with Gasteiger partial charge in [0, 0.05) is 23.8 Å². The molecule has 0 spiro atoms. The summed E-state index contributed by atoms with van der Waals surface area (Å²) in [5, 5.41) is 27.7. The van der Waals surface area contributed by atoms with Gasteiger partial charge >= 0.3 is 7.12 Å². The van der Waals surface area contributed by atoms with E-state index in [9.17, 15) is 5.11 Å². The molecule has 0 fully saturated rings. The highest BCUT2D eigenvalue weighted by Gasteiger charge is 2.15. The molecule has 0 saturated heterocycles. The van der Waals surface area contributed by atoms with Crippen molar-refractivity contribution < 1.29 is 15.2 Å². The number of benzene rings is 1. The first-order valence-electron chi connectivity index (χ1n) is 6.16. The van der Waals surface area contributed by atoms with Gasteiger partial charge in [0.2, 0.25) is 0 Å². The molecule has 0 amide bonds. The van der Waals surface area contributed by atoms with Crippen LogP contribution in [0.3, 0.4) is 0 Å². The van der Waals surface area contributed by atoms with Crippen LogP contribution >= 0.6 is 0 Å².